The quantitative estimate of drug-likeness (QED) is 0.241. The summed E-state index contributed by atoms with van der Waals surface area (Å²) >= 11 is 0. The summed E-state index contributed by atoms with van der Waals surface area (Å²) in [6, 6.07) is 0. The van der Waals surface area contributed by atoms with Gasteiger partial charge in [0.25, 0.3) is 0 Å². The van der Waals surface area contributed by atoms with E-state index >= 15 is 0 Å². The molecule has 0 rings (SSSR count). The van der Waals surface area contributed by atoms with Gasteiger partial charge in [-0.05, 0) is 19.4 Å². The van der Waals surface area contributed by atoms with E-state index in [9.17, 15) is 19.2 Å². The van der Waals surface area contributed by atoms with Gasteiger partial charge in [0.15, 0.2) is 0 Å². The van der Waals surface area contributed by atoms with Crippen molar-refractivity contribution in [1.29, 1.82) is 0 Å². The molecule has 0 radical (unpaired) electrons. The standard InChI is InChI=1S/C14H24N2O9/c17-11(18)7-15(8-12(19)20)3-1-2-5-25-6-4-16(9-13(21)22)10-14(23)24/h1-10H2,(H,17,18)(H,19,20)(H,21,22)(H,23,24). The van der Waals surface area contributed by atoms with Crippen LogP contribution in [0.1, 0.15) is 12.8 Å². The molecule has 0 saturated heterocycles. The molecule has 0 spiro atoms. The lowest BCUT2D eigenvalue weighted by molar-refractivity contribution is -0.143. The topological polar surface area (TPSA) is 165 Å². The molecule has 0 aliphatic rings. The monoisotopic (exact) mass is 364 g/mol. The Balaban J connectivity index is 3.91. The summed E-state index contributed by atoms with van der Waals surface area (Å²) in [5, 5.41) is 34.8. The molecule has 25 heavy (non-hydrogen) atoms. The van der Waals surface area contributed by atoms with Crippen molar-refractivity contribution >= 4 is 23.9 Å². The third-order valence-electron chi connectivity index (χ3n) is 3.00. The number of carboxylic acids is 4. The third-order valence-corrected chi connectivity index (χ3v) is 3.00. The van der Waals surface area contributed by atoms with Gasteiger partial charge in [-0.1, -0.05) is 0 Å². The maximum atomic E-state index is 10.6. The van der Waals surface area contributed by atoms with Crippen LogP contribution in [-0.4, -0.2) is 107 Å². The van der Waals surface area contributed by atoms with Crippen LogP contribution in [0.15, 0.2) is 0 Å². The summed E-state index contributed by atoms with van der Waals surface area (Å²) < 4.78 is 5.29. The maximum Gasteiger partial charge on any atom is 0.317 e. The smallest absolute Gasteiger partial charge is 0.317 e. The Hall–Kier alpha value is -2.24. The van der Waals surface area contributed by atoms with E-state index < -0.39 is 37.0 Å². The number of carbonyl (C=O) groups is 4. The second kappa shape index (κ2) is 13.1. The summed E-state index contributed by atoms with van der Waals surface area (Å²) in [4.78, 5) is 45.0. The second-order valence-corrected chi connectivity index (χ2v) is 5.32. The Morgan fingerprint density at radius 1 is 0.600 bits per heavy atom. The van der Waals surface area contributed by atoms with E-state index in [0.717, 1.165) is 0 Å². The first kappa shape index (κ1) is 22.8. The van der Waals surface area contributed by atoms with E-state index in [-0.39, 0.29) is 26.2 Å². The molecule has 0 atom stereocenters. The van der Waals surface area contributed by atoms with Crippen molar-refractivity contribution in [3.63, 3.8) is 0 Å². The van der Waals surface area contributed by atoms with Crippen LogP contribution in [0.4, 0.5) is 0 Å². The van der Waals surface area contributed by atoms with Crippen LogP contribution in [0.5, 0.6) is 0 Å². The highest BCUT2D eigenvalue weighted by Crippen LogP contribution is 1.97. The third kappa shape index (κ3) is 15.1. The van der Waals surface area contributed by atoms with Crippen LogP contribution in [0, 0.1) is 0 Å². The Bertz CT molecular complexity index is 384. The van der Waals surface area contributed by atoms with Crippen molar-refractivity contribution in [2.75, 3.05) is 52.5 Å². The lowest BCUT2D eigenvalue weighted by Crippen LogP contribution is -2.37. The van der Waals surface area contributed by atoms with Crippen LogP contribution in [-0.2, 0) is 23.9 Å². The minimum Gasteiger partial charge on any atom is -0.480 e. The number of aliphatic carboxylic acids is 4. The normalized spacial score (nSPS) is 11.0. The van der Waals surface area contributed by atoms with Gasteiger partial charge >= 0.3 is 23.9 Å². The lowest BCUT2D eigenvalue weighted by atomic mass is 10.3. The van der Waals surface area contributed by atoms with Crippen molar-refractivity contribution in [3.05, 3.63) is 0 Å². The summed E-state index contributed by atoms with van der Waals surface area (Å²) in [5.74, 6) is -4.46. The van der Waals surface area contributed by atoms with Gasteiger partial charge in [-0.2, -0.15) is 0 Å². The van der Waals surface area contributed by atoms with Gasteiger partial charge in [-0.15, -0.1) is 0 Å². The molecule has 11 heteroatoms. The minimum atomic E-state index is -1.13. The fourth-order valence-electron chi connectivity index (χ4n) is 2.03. The first-order valence-corrected chi connectivity index (χ1v) is 7.60. The van der Waals surface area contributed by atoms with Crippen molar-refractivity contribution in [2.45, 2.75) is 12.8 Å². The van der Waals surface area contributed by atoms with E-state index in [1.165, 1.54) is 9.80 Å². The Labute approximate surface area is 144 Å². The van der Waals surface area contributed by atoms with Gasteiger partial charge in [0.05, 0.1) is 32.8 Å². The second-order valence-electron chi connectivity index (χ2n) is 5.32. The number of nitrogens with zero attached hydrogens (tertiary/aromatic N) is 2. The van der Waals surface area contributed by atoms with E-state index in [1.54, 1.807) is 0 Å². The average Bonchev–Trinajstić information content (AvgIpc) is 2.43. The summed E-state index contributed by atoms with van der Waals surface area (Å²) in [7, 11) is 0. The average molecular weight is 364 g/mol. The van der Waals surface area contributed by atoms with E-state index in [2.05, 4.69) is 0 Å². The SMILES string of the molecule is O=C(O)CN(CCCCOCCN(CC(=O)O)CC(=O)O)CC(=O)O. The first-order valence-electron chi connectivity index (χ1n) is 7.60. The van der Waals surface area contributed by atoms with Gasteiger partial charge in [0.2, 0.25) is 0 Å². The summed E-state index contributed by atoms with van der Waals surface area (Å²) in [5.41, 5.74) is 0. The number of ether oxygens (including phenoxy) is 1. The molecular weight excluding hydrogens is 340 g/mol. The molecule has 4 N–H and O–H groups in total. The predicted octanol–water partition coefficient (Wildman–Crippen LogP) is -1.27. The number of carboxylic acid groups (broad SMARTS) is 4. The van der Waals surface area contributed by atoms with Crippen LogP contribution in [0.25, 0.3) is 0 Å². The molecule has 0 amide bonds. The molecule has 0 aliphatic heterocycles. The van der Waals surface area contributed by atoms with Crippen LogP contribution in [0.2, 0.25) is 0 Å². The molecule has 0 aromatic heterocycles. The van der Waals surface area contributed by atoms with Crippen molar-refractivity contribution < 1.29 is 44.3 Å². The highest BCUT2D eigenvalue weighted by atomic mass is 16.5. The van der Waals surface area contributed by atoms with Crippen LogP contribution in [0.3, 0.4) is 0 Å². The first-order chi connectivity index (χ1) is 11.7. The van der Waals surface area contributed by atoms with Crippen LogP contribution >= 0.6 is 0 Å². The predicted molar refractivity (Wildman–Crippen MR) is 83.5 cm³/mol. The molecule has 0 saturated carbocycles. The number of unbranched alkanes of at least 4 members (excludes halogenated alkanes) is 1. The molecule has 0 aliphatic carbocycles. The molecule has 0 bridgehead atoms. The zero-order valence-electron chi connectivity index (χ0n) is 13.8. The van der Waals surface area contributed by atoms with Crippen molar-refractivity contribution in [2.24, 2.45) is 0 Å². The highest BCUT2D eigenvalue weighted by molar-refractivity contribution is 5.73. The van der Waals surface area contributed by atoms with Gasteiger partial charge < -0.3 is 25.2 Å². The van der Waals surface area contributed by atoms with Gasteiger partial charge in [0.1, 0.15) is 0 Å². The number of rotatable bonds is 16. The van der Waals surface area contributed by atoms with E-state index in [4.69, 9.17) is 25.2 Å². The van der Waals surface area contributed by atoms with Crippen molar-refractivity contribution in [3.8, 4) is 0 Å². The molecule has 0 unspecified atom stereocenters. The number of hydrogen-bond donors (Lipinski definition) is 4. The zero-order chi connectivity index (χ0) is 19.2. The van der Waals surface area contributed by atoms with Crippen molar-refractivity contribution in [1.82, 2.24) is 9.80 Å². The number of hydrogen-bond acceptors (Lipinski definition) is 7. The molecule has 0 aromatic carbocycles. The lowest BCUT2D eigenvalue weighted by Gasteiger charge is -2.18. The highest BCUT2D eigenvalue weighted by Gasteiger charge is 2.14. The van der Waals surface area contributed by atoms with E-state index in [0.29, 0.717) is 26.0 Å². The molecule has 0 aromatic rings. The Morgan fingerprint density at radius 2 is 1.00 bits per heavy atom. The summed E-state index contributed by atoms with van der Waals surface area (Å²) in [6.07, 6.45) is 1.10. The zero-order valence-corrected chi connectivity index (χ0v) is 13.8. The fourth-order valence-corrected chi connectivity index (χ4v) is 2.03. The van der Waals surface area contributed by atoms with Gasteiger partial charge in [0, 0.05) is 13.2 Å². The fraction of sp³-hybridized carbons (Fsp3) is 0.714. The largest absolute Gasteiger partial charge is 0.480 e. The molecule has 11 nitrogen and oxygen atoms in total. The molecule has 0 heterocycles. The summed E-state index contributed by atoms with van der Waals surface area (Å²) in [6.45, 7) is -0.561. The molecule has 144 valence electrons. The molecule has 0 fully saturated rings. The Morgan fingerprint density at radius 3 is 1.40 bits per heavy atom. The molecular formula is C14H24N2O9. The Kier molecular flexibility index (Phi) is 11.9. The van der Waals surface area contributed by atoms with Gasteiger partial charge in [-0.3, -0.25) is 29.0 Å². The minimum absolute atomic E-state index is 0.156. The van der Waals surface area contributed by atoms with Crippen LogP contribution < -0.4 is 0 Å². The van der Waals surface area contributed by atoms with Gasteiger partial charge in [-0.25, -0.2) is 0 Å². The maximum absolute atomic E-state index is 10.6. The van der Waals surface area contributed by atoms with E-state index in [1.807, 2.05) is 0 Å².